The molecule has 0 fully saturated rings. The molecule has 11 heteroatoms. The van der Waals surface area contributed by atoms with Crippen molar-refractivity contribution in [3.8, 4) is 11.4 Å². The largest absolute Gasteiger partial charge is 0.458 e. The molecule has 1 amide bonds. The molecule has 0 saturated carbocycles. The first kappa shape index (κ1) is 26.5. The second-order valence-corrected chi connectivity index (χ2v) is 11.2. The van der Waals surface area contributed by atoms with E-state index >= 15 is 4.39 Å². The predicted octanol–water partition coefficient (Wildman–Crippen LogP) is 1.55. The van der Waals surface area contributed by atoms with Gasteiger partial charge < -0.3 is 29.7 Å². The minimum atomic E-state index is -1.97. The fourth-order valence-corrected chi connectivity index (χ4v) is 6.40. The van der Waals surface area contributed by atoms with Gasteiger partial charge in [-0.3, -0.25) is 9.59 Å². The van der Waals surface area contributed by atoms with E-state index in [-0.39, 0.29) is 37.2 Å². The lowest BCUT2D eigenvalue weighted by molar-refractivity contribution is -0.172. The molecule has 0 saturated heterocycles. The van der Waals surface area contributed by atoms with Gasteiger partial charge in [0.15, 0.2) is 5.60 Å². The monoisotopic (exact) mass is 550 g/mol. The highest BCUT2D eigenvalue weighted by Crippen LogP contribution is 2.45. The molecule has 3 aliphatic rings. The fraction of sp³-hybridized carbons (Fsp3) is 0.448. The highest BCUT2D eigenvalue weighted by atomic mass is 19.1. The summed E-state index contributed by atoms with van der Waals surface area (Å²) < 4.78 is 21.7. The average molecular weight is 551 g/mol. The molecule has 2 aromatic heterocycles. The third-order valence-electron chi connectivity index (χ3n) is 8.54. The molecule has 40 heavy (non-hydrogen) atoms. The molecule has 1 aliphatic carbocycles. The molecule has 3 aromatic rings. The average Bonchev–Trinajstić information content (AvgIpc) is 3.28. The summed E-state index contributed by atoms with van der Waals surface area (Å²) >= 11 is 0. The van der Waals surface area contributed by atoms with Crippen LogP contribution in [0.2, 0.25) is 0 Å². The summed E-state index contributed by atoms with van der Waals surface area (Å²) in [6.07, 6.45) is -0.245. The Balaban J connectivity index is 1.57. The minimum absolute atomic E-state index is 0.0161. The van der Waals surface area contributed by atoms with Gasteiger partial charge in [-0.2, -0.15) is 0 Å². The predicted molar refractivity (Wildman–Crippen MR) is 143 cm³/mol. The van der Waals surface area contributed by atoms with Crippen LogP contribution in [0.15, 0.2) is 16.9 Å². The minimum Gasteiger partial charge on any atom is -0.458 e. The van der Waals surface area contributed by atoms with Crippen molar-refractivity contribution in [1.82, 2.24) is 19.8 Å². The quantitative estimate of drug-likeness (QED) is 0.319. The summed E-state index contributed by atoms with van der Waals surface area (Å²) in [6.45, 7) is 3.41. The number of ether oxygens (including phenoxy) is 1. The van der Waals surface area contributed by atoms with Gasteiger partial charge in [-0.1, -0.05) is 6.92 Å². The number of cyclic esters (lactones) is 1. The molecule has 3 atom stereocenters. The van der Waals surface area contributed by atoms with E-state index in [4.69, 9.17) is 9.72 Å². The SMILES string of the molecule is CC[C@@]1(O)C(=O)OCc2c1cc1n(c2=O)Cc2c-1nc1cc(F)c(C)c3c1c2[C@@H](NC(=O)[C@H](O)CN(C)C)CC3. The van der Waals surface area contributed by atoms with E-state index in [9.17, 15) is 24.6 Å². The number of aromatic nitrogens is 2. The maximum Gasteiger partial charge on any atom is 0.343 e. The molecule has 1 aromatic carbocycles. The lowest BCUT2D eigenvalue weighted by Crippen LogP contribution is -2.44. The number of esters is 1. The number of benzene rings is 1. The first-order valence-electron chi connectivity index (χ1n) is 13.4. The van der Waals surface area contributed by atoms with Crippen molar-refractivity contribution < 1.29 is 28.9 Å². The van der Waals surface area contributed by atoms with Crippen LogP contribution in [0.1, 0.15) is 59.2 Å². The molecule has 10 nitrogen and oxygen atoms in total. The van der Waals surface area contributed by atoms with Gasteiger partial charge in [-0.05, 0) is 63.0 Å². The van der Waals surface area contributed by atoms with Crippen LogP contribution in [0, 0.1) is 12.7 Å². The van der Waals surface area contributed by atoms with Gasteiger partial charge in [0.2, 0.25) is 0 Å². The molecule has 2 aliphatic heterocycles. The Labute approximate surface area is 229 Å². The number of likely N-dealkylation sites (N-methyl/N-ethyl adjacent to an activating group) is 1. The van der Waals surface area contributed by atoms with Crippen LogP contribution in [-0.4, -0.2) is 63.3 Å². The topological polar surface area (TPSA) is 134 Å². The highest BCUT2D eigenvalue weighted by Gasteiger charge is 2.46. The number of rotatable bonds is 5. The van der Waals surface area contributed by atoms with Gasteiger partial charge in [0.05, 0.1) is 35.1 Å². The molecule has 0 bridgehead atoms. The van der Waals surface area contributed by atoms with Crippen molar-refractivity contribution in [2.45, 2.75) is 64.0 Å². The Bertz CT molecular complexity index is 1680. The number of fused-ring (bicyclic) bond motifs is 5. The second-order valence-electron chi connectivity index (χ2n) is 11.2. The summed E-state index contributed by atoms with van der Waals surface area (Å²) in [5.74, 6) is -1.73. The standard InChI is InChI=1S/C29H31FN4O6/c1-5-29(39)17-8-21-25-15(10-34(21)27(37)16(17)12-40-28(29)38)24-19(32-26(36)22(35)11-33(3)4)7-6-14-13(2)18(30)9-20(31-25)23(14)24/h8-9,19,22,35,39H,5-7,10-12H2,1-4H3,(H,32,36)/t19-,22+,29-/m0/s1. The number of hydrogen-bond acceptors (Lipinski definition) is 8. The number of aliphatic hydroxyl groups excluding tert-OH is 1. The Morgan fingerprint density at radius 3 is 2.75 bits per heavy atom. The molecule has 4 heterocycles. The van der Waals surface area contributed by atoms with E-state index in [0.29, 0.717) is 40.9 Å². The van der Waals surface area contributed by atoms with E-state index in [1.54, 1.807) is 38.9 Å². The van der Waals surface area contributed by atoms with Crippen LogP contribution in [0.3, 0.4) is 0 Å². The zero-order valence-electron chi connectivity index (χ0n) is 22.8. The van der Waals surface area contributed by atoms with Crippen molar-refractivity contribution in [3.05, 3.63) is 61.7 Å². The van der Waals surface area contributed by atoms with Crippen molar-refractivity contribution >= 4 is 22.8 Å². The summed E-state index contributed by atoms with van der Waals surface area (Å²) in [5, 5.41) is 25.4. The first-order valence-corrected chi connectivity index (χ1v) is 13.4. The van der Waals surface area contributed by atoms with Gasteiger partial charge in [-0.15, -0.1) is 0 Å². The van der Waals surface area contributed by atoms with Gasteiger partial charge >= 0.3 is 5.97 Å². The van der Waals surface area contributed by atoms with Crippen molar-refractivity contribution in [1.29, 1.82) is 0 Å². The number of carbonyl (C=O) groups excluding carboxylic acids is 2. The van der Waals surface area contributed by atoms with E-state index in [2.05, 4.69) is 5.32 Å². The maximum absolute atomic E-state index is 15.0. The number of pyridine rings is 2. The molecular weight excluding hydrogens is 519 g/mol. The fourth-order valence-electron chi connectivity index (χ4n) is 6.40. The lowest BCUT2D eigenvalue weighted by atomic mass is 9.81. The molecule has 0 spiro atoms. The molecular formula is C29H31FN4O6. The van der Waals surface area contributed by atoms with E-state index in [0.717, 1.165) is 16.5 Å². The van der Waals surface area contributed by atoms with Crippen LogP contribution in [-0.2, 0) is 39.5 Å². The normalized spacial score (nSPS) is 21.6. The number of nitrogens with one attached hydrogen (secondary N) is 1. The maximum atomic E-state index is 15.0. The molecule has 6 rings (SSSR count). The van der Waals surface area contributed by atoms with Gasteiger partial charge in [-0.25, -0.2) is 14.2 Å². The van der Waals surface area contributed by atoms with Crippen LogP contribution in [0.4, 0.5) is 4.39 Å². The van der Waals surface area contributed by atoms with Crippen LogP contribution >= 0.6 is 0 Å². The summed E-state index contributed by atoms with van der Waals surface area (Å²) in [7, 11) is 3.52. The van der Waals surface area contributed by atoms with Crippen molar-refractivity contribution in [3.63, 3.8) is 0 Å². The Morgan fingerprint density at radius 2 is 2.05 bits per heavy atom. The first-order chi connectivity index (χ1) is 19.0. The van der Waals surface area contributed by atoms with Gasteiger partial charge in [0.1, 0.15) is 18.5 Å². The van der Waals surface area contributed by atoms with Crippen LogP contribution < -0.4 is 10.9 Å². The number of carbonyl (C=O) groups is 2. The van der Waals surface area contributed by atoms with E-state index in [1.165, 1.54) is 10.6 Å². The van der Waals surface area contributed by atoms with Crippen LogP contribution in [0.25, 0.3) is 22.3 Å². The molecule has 0 unspecified atom stereocenters. The summed E-state index contributed by atoms with van der Waals surface area (Å²) in [4.78, 5) is 45.7. The number of amides is 1. The smallest absolute Gasteiger partial charge is 0.343 e. The Morgan fingerprint density at radius 1 is 1.30 bits per heavy atom. The number of hydrogen-bond donors (Lipinski definition) is 3. The van der Waals surface area contributed by atoms with Crippen molar-refractivity contribution in [2.75, 3.05) is 20.6 Å². The third kappa shape index (κ3) is 3.71. The Kier molecular flexibility index (Phi) is 6.10. The number of aryl methyl sites for hydroxylation is 1. The van der Waals surface area contributed by atoms with Crippen molar-refractivity contribution in [2.24, 2.45) is 0 Å². The summed E-state index contributed by atoms with van der Waals surface area (Å²) in [5.41, 5.74) is 2.04. The number of aliphatic hydroxyl groups is 2. The van der Waals surface area contributed by atoms with Gasteiger partial charge in [0.25, 0.3) is 11.5 Å². The lowest BCUT2D eigenvalue weighted by Gasteiger charge is -2.31. The number of halogens is 1. The second kappa shape index (κ2) is 9.18. The Hall–Kier alpha value is -3.67. The molecule has 210 valence electrons. The van der Waals surface area contributed by atoms with E-state index < -0.39 is 41.0 Å². The van der Waals surface area contributed by atoms with E-state index in [1.807, 2.05) is 0 Å². The number of nitrogens with zero attached hydrogens (tertiary/aromatic N) is 3. The molecule has 0 radical (unpaired) electrons. The van der Waals surface area contributed by atoms with Gasteiger partial charge in [0, 0.05) is 29.1 Å². The summed E-state index contributed by atoms with van der Waals surface area (Å²) in [6, 6.07) is 2.47. The molecule has 3 N–H and O–H groups in total. The highest BCUT2D eigenvalue weighted by molar-refractivity contribution is 5.94. The van der Waals surface area contributed by atoms with Crippen LogP contribution in [0.5, 0.6) is 0 Å². The zero-order valence-corrected chi connectivity index (χ0v) is 22.8. The third-order valence-corrected chi connectivity index (χ3v) is 8.54. The zero-order chi connectivity index (χ0) is 28.7.